The fourth-order valence-corrected chi connectivity index (χ4v) is 3.19. The van der Waals surface area contributed by atoms with E-state index in [9.17, 15) is 9.59 Å². The van der Waals surface area contributed by atoms with Crippen LogP contribution in [-0.4, -0.2) is 42.1 Å². The molecule has 0 N–H and O–H groups in total. The van der Waals surface area contributed by atoms with Gasteiger partial charge in [0, 0.05) is 38.0 Å². The highest BCUT2D eigenvalue weighted by molar-refractivity contribution is 5.94. The van der Waals surface area contributed by atoms with Gasteiger partial charge in [-0.15, -0.1) is 5.10 Å². The Morgan fingerprint density at radius 1 is 1.19 bits per heavy atom. The van der Waals surface area contributed by atoms with E-state index in [0.717, 1.165) is 16.7 Å². The molecule has 0 fully saturated rings. The third-order valence-electron chi connectivity index (χ3n) is 4.64. The third kappa shape index (κ3) is 3.13. The molecule has 2 aromatic heterocycles. The quantitative estimate of drug-likeness (QED) is 0.691. The molecule has 0 saturated heterocycles. The van der Waals surface area contributed by atoms with Gasteiger partial charge in [0.2, 0.25) is 0 Å². The number of hydrogen-bond donors (Lipinski definition) is 0. The van der Waals surface area contributed by atoms with Gasteiger partial charge in [-0.3, -0.25) is 9.59 Å². The van der Waals surface area contributed by atoms with Crippen LogP contribution < -0.4 is 5.56 Å². The maximum atomic E-state index is 12.8. The molecule has 0 unspecified atom stereocenters. The Kier molecular flexibility index (Phi) is 4.08. The van der Waals surface area contributed by atoms with E-state index in [2.05, 4.69) is 15.5 Å². The number of pyridine rings is 1. The highest BCUT2D eigenvalue weighted by atomic mass is 16.2. The summed E-state index contributed by atoms with van der Waals surface area (Å²) in [5, 5.41) is 11.0. The summed E-state index contributed by atoms with van der Waals surface area (Å²) in [5.74, 6) is -0.00141. The van der Waals surface area contributed by atoms with Crippen LogP contribution in [0.2, 0.25) is 0 Å². The van der Waals surface area contributed by atoms with E-state index in [1.54, 1.807) is 28.7 Å². The standard InChI is InChI=1S/C18H18N6O2/c1-22-10-16-11-23(7-6-15(16)8-17(22)25)18(26)14-4-2-13(3-5-14)9-24-12-19-20-21-24/h2-5,8,10,12H,6-7,9,11H2,1H3. The summed E-state index contributed by atoms with van der Waals surface area (Å²) in [6, 6.07) is 9.16. The predicted octanol–water partition coefficient (Wildman–Crippen LogP) is 0.619. The Hall–Kier alpha value is -3.29. The largest absolute Gasteiger partial charge is 0.334 e. The van der Waals surface area contributed by atoms with Gasteiger partial charge in [-0.1, -0.05) is 12.1 Å². The first-order valence-corrected chi connectivity index (χ1v) is 8.37. The monoisotopic (exact) mass is 350 g/mol. The maximum Gasteiger partial charge on any atom is 0.254 e. The minimum absolute atomic E-state index is 0.00141. The molecule has 8 nitrogen and oxygen atoms in total. The third-order valence-corrected chi connectivity index (χ3v) is 4.64. The lowest BCUT2D eigenvalue weighted by Crippen LogP contribution is -2.37. The van der Waals surface area contributed by atoms with E-state index in [4.69, 9.17) is 0 Å². The van der Waals surface area contributed by atoms with Crippen molar-refractivity contribution in [3.63, 3.8) is 0 Å². The molecular formula is C18H18N6O2. The highest BCUT2D eigenvalue weighted by Gasteiger charge is 2.22. The number of aromatic nitrogens is 5. The molecule has 0 bridgehead atoms. The molecule has 1 amide bonds. The van der Waals surface area contributed by atoms with E-state index >= 15 is 0 Å². The zero-order valence-corrected chi connectivity index (χ0v) is 14.4. The summed E-state index contributed by atoms with van der Waals surface area (Å²) in [4.78, 5) is 26.4. The summed E-state index contributed by atoms with van der Waals surface area (Å²) in [5.41, 5.74) is 3.73. The first-order chi connectivity index (χ1) is 12.6. The van der Waals surface area contributed by atoms with Crippen LogP contribution in [0, 0.1) is 0 Å². The molecule has 132 valence electrons. The van der Waals surface area contributed by atoms with Crippen molar-refractivity contribution in [2.75, 3.05) is 6.54 Å². The fourth-order valence-electron chi connectivity index (χ4n) is 3.19. The number of carbonyl (C=O) groups excluding carboxylic acids is 1. The SMILES string of the molecule is Cn1cc2c(cc1=O)CCN(C(=O)c1ccc(Cn3cnnn3)cc1)C2. The van der Waals surface area contributed by atoms with Gasteiger partial charge in [-0.2, -0.15) is 0 Å². The fraction of sp³-hybridized carbons (Fsp3) is 0.278. The topological polar surface area (TPSA) is 85.9 Å². The Morgan fingerprint density at radius 2 is 2.00 bits per heavy atom. The van der Waals surface area contributed by atoms with Crippen LogP contribution in [0.4, 0.5) is 0 Å². The summed E-state index contributed by atoms with van der Waals surface area (Å²) >= 11 is 0. The Balaban J connectivity index is 1.49. The van der Waals surface area contributed by atoms with Crippen LogP contribution in [-0.2, 0) is 26.6 Å². The minimum Gasteiger partial charge on any atom is -0.334 e. The Labute approximate surface area is 149 Å². The Morgan fingerprint density at radius 3 is 2.73 bits per heavy atom. The number of amides is 1. The van der Waals surface area contributed by atoms with Crippen molar-refractivity contribution in [3.8, 4) is 0 Å². The summed E-state index contributed by atoms with van der Waals surface area (Å²) < 4.78 is 3.18. The van der Waals surface area contributed by atoms with Crippen molar-refractivity contribution in [2.45, 2.75) is 19.5 Å². The number of tetrazole rings is 1. The lowest BCUT2D eigenvalue weighted by Gasteiger charge is -2.29. The summed E-state index contributed by atoms with van der Waals surface area (Å²) in [6.07, 6.45) is 4.08. The van der Waals surface area contributed by atoms with E-state index in [0.29, 0.717) is 31.6 Å². The molecule has 0 radical (unpaired) electrons. The van der Waals surface area contributed by atoms with Crippen LogP contribution in [0.5, 0.6) is 0 Å². The number of rotatable bonds is 3. The second-order valence-electron chi connectivity index (χ2n) is 6.45. The summed E-state index contributed by atoms with van der Waals surface area (Å²) in [7, 11) is 1.73. The zero-order valence-electron chi connectivity index (χ0n) is 14.4. The molecule has 3 heterocycles. The Bertz CT molecular complexity index is 992. The van der Waals surface area contributed by atoms with Gasteiger partial charge in [-0.25, -0.2) is 4.68 Å². The number of fused-ring (bicyclic) bond motifs is 1. The van der Waals surface area contributed by atoms with Crippen molar-refractivity contribution >= 4 is 5.91 Å². The van der Waals surface area contributed by atoms with E-state index in [1.807, 2.05) is 35.4 Å². The maximum absolute atomic E-state index is 12.8. The molecule has 0 aliphatic carbocycles. The molecule has 0 spiro atoms. The van der Waals surface area contributed by atoms with E-state index < -0.39 is 0 Å². The molecule has 8 heteroatoms. The van der Waals surface area contributed by atoms with Gasteiger partial charge in [0.25, 0.3) is 11.5 Å². The van der Waals surface area contributed by atoms with Gasteiger partial charge in [-0.05, 0) is 45.7 Å². The lowest BCUT2D eigenvalue weighted by molar-refractivity contribution is 0.0734. The smallest absolute Gasteiger partial charge is 0.254 e. The molecule has 0 atom stereocenters. The molecule has 26 heavy (non-hydrogen) atoms. The van der Waals surface area contributed by atoms with Gasteiger partial charge >= 0.3 is 0 Å². The minimum atomic E-state index is -0.0123. The van der Waals surface area contributed by atoms with Crippen molar-refractivity contribution in [2.24, 2.45) is 7.05 Å². The second-order valence-corrected chi connectivity index (χ2v) is 6.45. The van der Waals surface area contributed by atoms with Crippen molar-refractivity contribution in [1.82, 2.24) is 29.7 Å². The molecule has 4 rings (SSSR count). The molecule has 0 saturated carbocycles. The van der Waals surface area contributed by atoms with E-state index in [1.165, 1.54) is 0 Å². The number of aryl methyl sites for hydroxylation is 1. The zero-order chi connectivity index (χ0) is 18.1. The van der Waals surface area contributed by atoms with Gasteiger partial charge in [0.05, 0.1) is 6.54 Å². The van der Waals surface area contributed by atoms with Crippen LogP contribution in [0.25, 0.3) is 0 Å². The first-order valence-electron chi connectivity index (χ1n) is 8.37. The summed E-state index contributed by atoms with van der Waals surface area (Å²) in [6.45, 7) is 1.70. The first kappa shape index (κ1) is 16.2. The van der Waals surface area contributed by atoms with Crippen LogP contribution in [0.3, 0.4) is 0 Å². The van der Waals surface area contributed by atoms with Crippen LogP contribution in [0.15, 0.2) is 47.7 Å². The van der Waals surface area contributed by atoms with Crippen LogP contribution >= 0.6 is 0 Å². The molecule has 1 aliphatic rings. The van der Waals surface area contributed by atoms with Gasteiger partial charge < -0.3 is 9.47 Å². The van der Waals surface area contributed by atoms with Gasteiger partial charge in [0.15, 0.2) is 0 Å². The number of hydrogen-bond acceptors (Lipinski definition) is 5. The van der Waals surface area contributed by atoms with Crippen molar-refractivity contribution in [3.05, 3.63) is 75.5 Å². The van der Waals surface area contributed by atoms with Gasteiger partial charge in [0.1, 0.15) is 6.33 Å². The average Bonchev–Trinajstić information content (AvgIpc) is 3.15. The highest BCUT2D eigenvalue weighted by Crippen LogP contribution is 2.19. The number of carbonyl (C=O) groups is 1. The van der Waals surface area contributed by atoms with Crippen molar-refractivity contribution < 1.29 is 4.79 Å². The predicted molar refractivity (Wildman–Crippen MR) is 93.5 cm³/mol. The molecular weight excluding hydrogens is 332 g/mol. The number of benzene rings is 1. The molecule has 3 aromatic rings. The number of nitrogens with zero attached hydrogens (tertiary/aromatic N) is 6. The normalized spacial score (nSPS) is 13.5. The lowest BCUT2D eigenvalue weighted by atomic mass is 10.0. The van der Waals surface area contributed by atoms with Crippen molar-refractivity contribution in [1.29, 1.82) is 0 Å². The molecule has 1 aromatic carbocycles. The molecule has 1 aliphatic heterocycles. The van der Waals surface area contributed by atoms with E-state index in [-0.39, 0.29) is 11.5 Å². The van der Waals surface area contributed by atoms with Crippen LogP contribution in [0.1, 0.15) is 27.0 Å². The second kappa shape index (κ2) is 6.55. The average molecular weight is 350 g/mol.